The van der Waals surface area contributed by atoms with E-state index in [1.54, 1.807) is 12.1 Å². The lowest BCUT2D eigenvalue weighted by molar-refractivity contribution is 0.1000. The molecule has 0 radical (unpaired) electrons. The summed E-state index contributed by atoms with van der Waals surface area (Å²) >= 11 is 0. The first-order valence-corrected chi connectivity index (χ1v) is 4.04. The van der Waals surface area contributed by atoms with E-state index in [-0.39, 0.29) is 0 Å². The van der Waals surface area contributed by atoms with E-state index in [9.17, 15) is 4.79 Å². The van der Waals surface area contributed by atoms with Crippen LogP contribution in [0.1, 0.15) is 24.2 Å². The van der Waals surface area contributed by atoms with Gasteiger partial charge in [0.15, 0.2) is 0 Å². The highest BCUT2D eigenvalue weighted by Gasteiger charge is 1.99. The minimum absolute atomic E-state index is 0.380. The molecule has 0 saturated carbocycles. The third-order valence-electron chi connectivity index (χ3n) is 1.23. The highest BCUT2D eigenvalue weighted by Crippen LogP contribution is 2.05. The van der Waals surface area contributed by atoms with Gasteiger partial charge in [-0.3, -0.25) is 4.79 Å². The van der Waals surface area contributed by atoms with Gasteiger partial charge in [-0.1, -0.05) is 13.8 Å². The van der Waals surface area contributed by atoms with Crippen molar-refractivity contribution in [2.24, 2.45) is 5.73 Å². The molecule has 1 aromatic rings. The summed E-state index contributed by atoms with van der Waals surface area (Å²) in [6, 6.07) is 3.15. The summed E-state index contributed by atoms with van der Waals surface area (Å²) in [5, 5.41) is 0. The number of hydrogen-bond acceptors (Lipinski definition) is 3. The monoisotopic (exact) mass is 182 g/mol. The van der Waals surface area contributed by atoms with Crippen LogP contribution in [0, 0.1) is 0 Å². The molecule has 0 aliphatic rings. The fourth-order valence-corrected chi connectivity index (χ4v) is 0.647. The van der Waals surface area contributed by atoms with Crippen LogP contribution in [0.3, 0.4) is 0 Å². The van der Waals surface area contributed by atoms with Gasteiger partial charge in [0.05, 0.1) is 12.7 Å². The summed E-state index contributed by atoms with van der Waals surface area (Å²) in [5.41, 5.74) is 5.37. The number of aromatic nitrogens is 1. The van der Waals surface area contributed by atoms with E-state index in [0.29, 0.717) is 11.4 Å². The maximum atomic E-state index is 10.5. The lowest BCUT2D eigenvalue weighted by atomic mass is 10.3. The molecule has 1 rings (SSSR count). The summed E-state index contributed by atoms with van der Waals surface area (Å²) in [7, 11) is 1.51. The van der Waals surface area contributed by atoms with Crippen LogP contribution < -0.4 is 10.5 Å². The standard InChI is InChI=1S/C7H8N2O2.C2H6/c1-11-6-3-2-5(4-9-6)7(8)10;1-2/h2-4H,1H3,(H2,8,10);1-2H3. The zero-order valence-electron chi connectivity index (χ0n) is 8.07. The molecule has 0 bridgehead atoms. The number of ether oxygens (including phenoxy) is 1. The molecule has 0 spiro atoms. The molecule has 0 unspecified atom stereocenters. The van der Waals surface area contributed by atoms with Gasteiger partial charge in [-0.05, 0) is 6.07 Å². The van der Waals surface area contributed by atoms with Crippen molar-refractivity contribution in [1.82, 2.24) is 4.98 Å². The number of amides is 1. The van der Waals surface area contributed by atoms with Crippen molar-refractivity contribution in [3.63, 3.8) is 0 Å². The van der Waals surface area contributed by atoms with Crippen molar-refractivity contribution < 1.29 is 9.53 Å². The summed E-state index contributed by atoms with van der Waals surface area (Å²) < 4.78 is 4.79. The smallest absolute Gasteiger partial charge is 0.250 e. The van der Waals surface area contributed by atoms with Crippen LogP contribution in [0.25, 0.3) is 0 Å². The average molecular weight is 182 g/mol. The summed E-state index contributed by atoms with van der Waals surface area (Å²) in [6.45, 7) is 4.00. The Morgan fingerprint density at radius 2 is 2.08 bits per heavy atom. The molecule has 1 aromatic heterocycles. The first-order chi connectivity index (χ1) is 6.24. The van der Waals surface area contributed by atoms with E-state index in [2.05, 4.69) is 4.98 Å². The molecule has 4 nitrogen and oxygen atoms in total. The number of carbonyl (C=O) groups is 1. The van der Waals surface area contributed by atoms with Gasteiger partial charge in [-0.2, -0.15) is 0 Å². The zero-order chi connectivity index (χ0) is 10.3. The molecule has 4 heteroatoms. The van der Waals surface area contributed by atoms with Gasteiger partial charge < -0.3 is 10.5 Å². The molecule has 0 fully saturated rings. The summed E-state index contributed by atoms with van der Waals surface area (Å²) in [4.78, 5) is 14.3. The van der Waals surface area contributed by atoms with Crippen LogP contribution in [0.4, 0.5) is 0 Å². The molecular weight excluding hydrogens is 168 g/mol. The van der Waals surface area contributed by atoms with Crippen molar-refractivity contribution in [3.05, 3.63) is 23.9 Å². The van der Waals surface area contributed by atoms with Gasteiger partial charge in [0, 0.05) is 12.3 Å². The molecule has 0 aliphatic heterocycles. The lowest BCUT2D eigenvalue weighted by Gasteiger charge is -1.97. The van der Waals surface area contributed by atoms with Crippen LogP contribution in [-0.2, 0) is 0 Å². The second-order valence-electron chi connectivity index (χ2n) is 1.95. The van der Waals surface area contributed by atoms with Crippen LogP contribution >= 0.6 is 0 Å². The largest absolute Gasteiger partial charge is 0.481 e. The summed E-state index contributed by atoms with van der Waals surface area (Å²) in [6.07, 6.45) is 1.38. The highest BCUT2D eigenvalue weighted by atomic mass is 16.5. The molecule has 0 aliphatic carbocycles. The highest BCUT2D eigenvalue weighted by molar-refractivity contribution is 5.92. The number of primary amides is 1. The maximum Gasteiger partial charge on any atom is 0.250 e. The Labute approximate surface area is 77.7 Å². The number of nitrogens with zero attached hydrogens (tertiary/aromatic N) is 1. The molecule has 72 valence electrons. The topological polar surface area (TPSA) is 65.2 Å². The van der Waals surface area contributed by atoms with Gasteiger partial charge >= 0.3 is 0 Å². The predicted molar refractivity (Wildman–Crippen MR) is 50.7 cm³/mol. The average Bonchev–Trinajstić information content (AvgIpc) is 2.21. The zero-order valence-corrected chi connectivity index (χ0v) is 8.07. The van der Waals surface area contributed by atoms with Crippen LogP contribution in [0.15, 0.2) is 18.3 Å². The van der Waals surface area contributed by atoms with Gasteiger partial charge in [0.25, 0.3) is 0 Å². The Kier molecular flexibility index (Phi) is 5.27. The van der Waals surface area contributed by atoms with Gasteiger partial charge in [0.2, 0.25) is 11.8 Å². The third-order valence-corrected chi connectivity index (χ3v) is 1.23. The van der Waals surface area contributed by atoms with Gasteiger partial charge in [-0.25, -0.2) is 4.98 Å². The number of carbonyl (C=O) groups excluding carboxylic acids is 1. The second kappa shape index (κ2) is 5.99. The molecule has 1 heterocycles. The van der Waals surface area contributed by atoms with E-state index in [0.717, 1.165) is 0 Å². The number of pyridine rings is 1. The molecular formula is C9H14N2O2. The van der Waals surface area contributed by atoms with Crippen LogP contribution in [0.5, 0.6) is 5.88 Å². The van der Waals surface area contributed by atoms with E-state index < -0.39 is 5.91 Å². The normalized spacial score (nSPS) is 8.23. The Bertz CT molecular complexity index is 257. The molecule has 0 saturated heterocycles. The van der Waals surface area contributed by atoms with Crippen LogP contribution in [-0.4, -0.2) is 18.0 Å². The SMILES string of the molecule is CC.COc1ccc(C(N)=O)cn1. The van der Waals surface area contributed by atoms with E-state index >= 15 is 0 Å². The fraction of sp³-hybridized carbons (Fsp3) is 0.333. The number of rotatable bonds is 2. The van der Waals surface area contributed by atoms with Crippen molar-refractivity contribution in [2.45, 2.75) is 13.8 Å². The molecule has 1 amide bonds. The van der Waals surface area contributed by atoms with E-state index in [1.807, 2.05) is 13.8 Å². The Morgan fingerprint density at radius 1 is 1.46 bits per heavy atom. The Hall–Kier alpha value is -1.58. The van der Waals surface area contributed by atoms with E-state index in [1.165, 1.54) is 13.3 Å². The maximum absolute atomic E-state index is 10.5. The van der Waals surface area contributed by atoms with E-state index in [4.69, 9.17) is 10.5 Å². The van der Waals surface area contributed by atoms with Crippen molar-refractivity contribution in [2.75, 3.05) is 7.11 Å². The third kappa shape index (κ3) is 3.55. The molecule has 0 atom stereocenters. The number of hydrogen-bond donors (Lipinski definition) is 1. The molecule has 13 heavy (non-hydrogen) atoms. The number of nitrogens with two attached hydrogens (primary N) is 1. The first kappa shape index (κ1) is 11.4. The number of methoxy groups -OCH3 is 1. The molecule has 2 N–H and O–H groups in total. The first-order valence-electron chi connectivity index (χ1n) is 4.04. The van der Waals surface area contributed by atoms with Gasteiger partial charge in [-0.15, -0.1) is 0 Å². The Balaban J connectivity index is 0.000000671. The van der Waals surface area contributed by atoms with Crippen molar-refractivity contribution in [3.8, 4) is 5.88 Å². The minimum atomic E-state index is -0.486. The fourth-order valence-electron chi connectivity index (χ4n) is 0.647. The minimum Gasteiger partial charge on any atom is -0.481 e. The predicted octanol–water partition coefficient (Wildman–Crippen LogP) is 1.22. The van der Waals surface area contributed by atoms with Crippen LogP contribution in [0.2, 0.25) is 0 Å². The second-order valence-corrected chi connectivity index (χ2v) is 1.95. The molecule has 0 aromatic carbocycles. The van der Waals surface area contributed by atoms with Crippen molar-refractivity contribution in [1.29, 1.82) is 0 Å². The summed E-state index contributed by atoms with van der Waals surface area (Å²) in [5.74, 6) is -0.0184. The quantitative estimate of drug-likeness (QED) is 0.747. The lowest BCUT2D eigenvalue weighted by Crippen LogP contribution is -2.10. The van der Waals surface area contributed by atoms with Crippen molar-refractivity contribution >= 4 is 5.91 Å². The van der Waals surface area contributed by atoms with Gasteiger partial charge in [0.1, 0.15) is 0 Å². The Morgan fingerprint density at radius 3 is 2.38 bits per heavy atom.